The van der Waals surface area contributed by atoms with E-state index in [1.165, 1.54) is 0 Å². The molecule has 0 bridgehead atoms. The van der Waals surface area contributed by atoms with Crippen molar-refractivity contribution in [2.45, 2.75) is 20.3 Å². The first-order chi connectivity index (χ1) is 9.80. The van der Waals surface area contributed by atoms with Gasteiger partial charge in [0.15, 0.2) is 0 Å². The maximum Gasteiger partial charge on any atom is 0.307 e. The van der Waals surface area contributed by atoms with Crippen LogP contribution in [0.4, 0.5) is 11.4 Å². The van der Waals surface area contributed by atoms with E-state index in [1.807, 2.05) is 0 Å². The number of carboxylic acids is 1. The average molecular weight is 288 g/mol. The minimum Gasteiger partial charge on any atom is -0.481 e. The summed E-state index contributed by atoms with van der Waals surface area (Å²) in [4.78, 5) is 34.6. The van der Waals surface area contributed by atoms with E-state index in [0.717, 1.165) is 11.3 Å². The Morgan fingerprint density at radius 2 is 2.05 bits per heavy atom. The Kier molecular flexibility index (Phi) is 2.79. The number of carbonyl (C=O) groups excluding carboxylic acids is 2. The highest BCUT2D eigenvalue weighted by atomic mass is 16.4. The first-order valence-electron chi connectivity index (χ1n) is 6.77. The zero-order chi connectivity index (χ0) is 15.4. The third-order valence-corrected chi connectivity index (χ3v) is 4.37. The minimum atomic E-state index is -0.941. The van der Waals surface area contributed by atoms with Crippen LogP contribution in [0.1, 0.15) is 19.4 Å². The van der Waals surface area contributed by atoms with Crippen LogP contribution in [0.15, 0.2) is 18.2 Å². The van der Waals surface area contributed by atoms with E-state index in [-0.39, 0.29) is 11.8 Å². The SMILES string of the molecule is CC1(C)[C@H](C(=O)O)[C@@H]1C(=O)Nc1ccc2c(c1)CC(=O)N2. The largest absolute Gasteiger partial charge is 0.481 e. The predicted octanol–water partition coefficient (Wildman–Crippen LogP) is 1.48. The molecule has 6 heteroatoms. The van der Waals surface area contributed by atoms with Gasteiger partial charge in [-0.1, -0.05) is 13.8 Å². The van der Waals surface area contributed by atoms with Gasteiger partial charge in [-0.3, -0.25) is 14.4 Å². The summed E-state index contributed by atoms with van der Waals surface area (Å²) in [5.74, 6) is -2.46. The highest BCUT2D eigenvalue weighted by molar-refractivity contribution is 6.02. The van der Waals surface area contributed by atoms with E-state index < -0.39 is 23.2 Å². The van der Waals surface area contributed by atoms with Crippen LogP contribution >= 0.6 is 0 Å². The second kappa shape index (κ2) is 4.31. The molecule has 1 fully saturated rings. The molecule has 0 unspecified atom stereocenters. The fourth-order valence-electron chi connectivity index (χ4n) is 3.12. The number of nitrogens with one attached hydrogen (secondary N) is 2. The molecule has 21 heavy (non-hydrogen) atoms. The fraction of sp³-hybridized carbons (Fsp3) is 0.400. The van der Waals surface area contributed by atoms with Gasteiger partial charge in [-0.05, 0) is 29.2 Å². The molecule has 0 saturated heterocycles. The maximum atomic E-state index is 12.2. The van der Waals surface area contributed by atoms with Gasteiger partial charge in [0.25, 0.3) is 0 Å². The van der Waals surface area contributed by atoms with Gasteiger partial charge in [0.05, 0.1) is 18.3 Å². The second-order valence-electron chi connectivity index (χ2n) is 6.20. The predicted molar refractivity (Wildman–Crippen MR) is 75.8 cm³/mol. The summed E-state index contributed by atoms with van der Waals surface area (Å²) in [6.45, 7) is 3.56. The molecule has 1 aliphatic heterocycles. The Bertz CT molecular complexity index is 666. The Morgan fingerprint density at radius 3 is 2.67 bits per heavy atom. The molecule has 0 radical (unpaired) electrons. The molecule has 1 aliphatic carbocycles. The first-order valence-corrected chi connectivity index (χ1v) is 6.77. The Labute approximate surface area is 121 Å². The van der Waals surface area contributed by atoms with Gasteiger partial charge in [0.1, 0.15) is 0 Å². The van der Waals surface area contributed by atoms with Crippen LogP contribution in [0.2, 0.25) is 0 Å². The van der Waals surface area contributed by atoms with E-state index >= 15 is 0 Å². The molecular weight excluding hydrogens is 272 g/mol. The second-order valence-corrected chi connectivity index (χ2v) is 6.20. The van der Waals surface area contributed by atoms with Crippen LogP contribution in [0.25, 0.3) is 0 Å². The molecule has 6 nitrogen and oxygen atoms in total. The number of amides is 2. The number of carbonyl (C=O) groups is 3. The minimum absolute atomic E-state index is 0.0669. The summed E-state index contributed by atoms with van der Waals surface area (Å²) >= 11 is 0. The van der Waals surface area contributed by atoms with Crippen molar-refractivity contribution < 1.29 is 19.5 Å². The molecule has 0 aromatic heterocycles. The molecule has 2 amide bonds. The van der Waals surface area contributed by atoms with Crippen molar-refractivity contribution in [3.63, 3.8) is 0 Å². The monoisotopic (exact) mass is 288 g/mol. The van der Waals surface area contributed by atoms with Gasteiger partial charge < -0.3 is 15.7 Å². The van der Waals surface area contributed by atoms with Gasteiger partial charge in [-0.15, -0.1) is 0 Å². The van der Waals surface area contributed by atoms with Crippen molar-refractivity contribution in [2.75, 3.05) is 10.6 Å². The smallest absolute Gasteiger partial charge is 0.307 e. The standard InChI is InChI=1S/C15H16N2O4/c1-15(2)11(12(15)14(20)21)13(19)16-8-3-4-9-7(5-8)6-10(18)17-9/h3-5,11-12H,6H2,1-2H3,(H,16,19)(H,17,18)(H,20,21)/t11-,12+/m1/s1. The molecule has 0 spiro atoms. The van der Waals surface area contributed by atoms with Crippen molar-refractivity contribution in [3.05, 3.63) is 23.8 Å². The first kappa shape index (κ1) is 13.6. The van der Waals surface area contributed by atoms with Crippen molar-refractivity contribution in [3.8, 4) is 0 Å². The topological polar surface area (TPSA) is 95.5 Å². The van der Waals surface area contributed by atoms with E-state index in [4.69, 9.17) is 5.11 Å². The van der Waals surface area contributed by atoms with Crippen LogP contribution in [-0.4, -0.2) is 22.9 Å². The number of fused-ring (bicyclic) bond motifs is 1. The van der Waals surface area contributed by atoms with Crippen molar-refractivity contribution >= 4 is 29.2 Å². The van der Waals surface area contributed by atoms with E-state index in [9.17, 15) is 14.4 Å². The van der Waals surface area contributed by atoms with Gasteiger partial charge in [-0.2, -0.15) is 0 Å². The summed E-state index contributed by atoms with van der Waals surface area (Å²) in [5.41, 5.74) is 1.65. The average Bonchev–Trinajstić information content (AvgIpc) is 2.77. The molecule has 2 aliphatic rings. The number of hydrogen-bond acceptors (Lipinski definition) is 3. The third-order valence-electron chi connectivity index (χ3n) is 4.37. The number of carboxylic acid groups (broad SMARTS) is 1. The zero-order valence-corrected chi connectivity index (χ0v) is 11.8. The number of benzene rings is 1. The fourth-order valence-corrected chi connectivity index (χ4v) is 3.12. The van der Waals surface area contributed by atoms with Gasteiger partial charge in [-0.25, -0.2) is 0 Å². The van der Waals surface area contributed by atoms with E-state index in [2.05, 4.69) is 10.6 Å². The molecule has 1 heterocycles. The summed E-state index contributed by atoms with van der Waals surface area (Å²) in [6, 6.07) is 5.19. The molecule has 3 rings (SSSR count). The maximum absolute atomic E-state index is 12.2. The quantitative estimate of drug-likeness (QED) is 0.785. The molecule has 2 atom stereocenters. The van der Waals surface area contributed by atoms with Gasteiger partial charge in [0, 0.05) is 11.4 Å². The molecule has 1 aromatic rings. The molecule has 1 saturated carbocycles. The molecular formula is C15H16N2O4. The van der Waals surface area contributed by atoms with Crippen LogP contribution in [0.3, 0.4) is 0 Å². The Hall–Kier alpha value is -2.37. The van der Waals surface area contributed by atoms with E-state index in [0.29, 0.717) is 12.1 Å². The Balaban J connectivity index is 1.74. The zero-order valence-electron chi connectivity index (χ0n) is 11.8. The normalized spacial score (nSPS) is 25.0. The number of hydrogen-bond donors (Lipinski definition) is 3. The molecule has 110 valence electrons. The van der Waals surface area contributed by atoms with Crippen molar-refractivity contribution in [1.29, 1.82) is 0 Å². The Morgan fingerprint density at radius 1 is 1.33 bits per heavy atom. The highest BCUT2D eigenvalue weighted by Gasteiger charge is 2.65. The summed E-state index contributed by atoms with van der Waals surface area (Å²) in [6.07, 6.45) is 0.297. The van der Waals surface area contributed by atoms with Gasteiger partial charge >= 0.3 is 5.97 Å². The van der Waals surface area contributed by atoms with E-state index in [1.54, 1.807) is 32.0 Å². The summed E-state index contributed by atoms with van der Waals surface area (Å²) in [7, 11) is 0. The lowest BCUT2D eigenvalue weighted by Crippen LogP contribution is -2.17. The van der Waals surface area contributed by atoms with Gasteiger partial charge in [0.2, 0.25) is 11.8 Å². The lowest BCUT2D eigenvalue weighted by molar-refractivity contribution is -0.140. The highest BCUT2D eigenvalue weighted by Crippen LogP contribution is 2.58. The van der Waals surface area contributed by atoms with Crippen LogP contribution in [-0.2, 0) is 20.8 Å². The van der Waals surface area contributed by atoms with Crippen molar-refractivity contribution in [1.82, 2.24) is 0 Å². The molecule has 3 N–H and O–H groups in total. The van der Waals surface area contributed by atoms with Crippen LogP contribution in [0, 0.1) is 17.3 Å². The summed E-state index contributed by atoms with van der Waals surface area (Å²) < 4.78 is 0. The lowest BCUT2D eigenvalue weighted by Gasteiger charge is -2.07. The number of aliphatic carboxylic acids is 1. The third kappa shape index (κ3) is 2.16. The van der Waals surface area contributed by atoms with Crippen LogP contribution < -0.4 is 10.6 Å². The molecule has 1 aromatic carbocycles. The lowest BCUT2D eigenvalue weighted by atomic mass is 10.1. The van der Waals surface area contributed by atoms with Crippen LogP contribution in [0.5, 0.6) is 0 Å². The number of anilines is 2. The van der Waals surface area contributed by atoms with Crippen molar-refractivity contribution in [2.24, 2.45) is 17.3 Å². The number of rotatable bonds is 3. The summed E-state index contributed by atoms with van der Waals surface area (Å²) in [5, 5.41) is 14.6.